The largest absolute Gasteiger partial charge is 0.335 e. The standard InChI is InChI=1S/C20H21F2N3O/c21-16-3-4-19(22)18(9-16)20(26)25-12-17(13-25)24(10-14-1-2-14)11-15-5-7-23-8-6-15/h3-9,14,17H,1-2,10-13H2. The van der Waals surface area contributed by atoms with Crippen LogP contribution in [0.15, 0.2) is 42.7 Å². The van der Waals surface area contributed by atoms with E-state index >= 15 is 0 Å². The fourth-order valence-corrected chi connectivity index (χ4v) is 3.38. The Hall–Kier alpha value is -2.34. The minimum absolute atomic E-state index is 0.189. The summed E-state index contributed by atoms with van der Waals surface area (Å²) < 4.78 is 27.2. The summed E-state index contributed by atoms with van der Waals surface area (Å²) in [7, 11) is 0. The molecule has 4 rings (SSSR count). The summed E-state index contributed by atoms with van der Waals surface area (Å²) in [6.45, 7) is 2.93. The number of carbonyl (C=O) groups is 1. The van der Waals surface area contributed by atoms with Crippen molar-refractivity contribution in [1.82, 2.24) is 14.8 Å². The van der Waals surface area contributed by atoms with Gasteiger partial charge in [0.15, 0.2) is 0 Å². The molecule has 2 aliphatic rings. The van der Waals surface area contributed by atoms with E-state index in [9.17, 15) is 13.6 Å². The van der Waals surface area contributed by atoms with Crippen LogP contribution in [0, 0.1) is 17.6 Å². The van der Waals surface area contributed by atoms with Crippen LogP contribution in [-0.2, 0) is 6.54 Å². The van der Waals surface area contributed by atoms with Crippen LogP contribution in [0.3, 0.4) is 0 Å². The van der Waals surface area contributed by atoms with Crippen molar-refractivity contribution in [2.75, 3.05) is 19.6 Å². The Balaban J connectivity index is 1.40. The molecular weight excluding hydrogens is 336 g/mol. The third kappa shape index (κ3) is 3.75. The van der Waals surface area contributed by atoms with Crippen LogP contribution in [0.25, 0.3) is 0 Å². The molecule has 0 atom stereocenters. The number of benzene rings is 1. The van der Waals surface area contributed by atoms with Crippen LogP contribution in [0.2, 0.25) is 0 Å². The van der Waals surface area contributed by atoms with Gasteiger partial charge in [0.2, 0.25) is 0 Å². The molecule has 1 aromatic carbocycles. The van der Waals surface area contributed by atoms with Crippen LogP contribution in [0.1, 0.15) is 28.8 Å². The zero-order chi connectivity index (χ0) is 18.1. The van der Waals surface area contributed by atoms with Gasteiger partial charge in [0, 0.05) is 44.6 Å². The van der Waals surface area contributed by atoms with E-state index in [1.54, 1.807) is 17.3 Å². The van der Waals surface area contributed by atoms with E-state index in [1.165, 1.54) is 18.4 Å². The number of rotatable bonds is 6. The van der Waals surface area contributed by atoms with Crippen molar-refractivity contribution in [3.8, 4) is 0 Å². The predicted octanol–water partition coefficient (Wildman–Crippen LogP) is 3.10. The minimum atomic E-state index is -0.675. The molecule has 6 heteroatoms. The highest BCUT2D eigenvalue weighted by Gasteiger charge is 2.38. The number of halogens is 2. The molecule has 0 spiro atoms. The monoisotopic (exact) mass is 357 g/mol. The summed E-state index contributed by atoms with van der Waals surface area (Å²) in [6, 6.07) is 7.26. The van der Waals surface area contributed by atoms with E-state index in [0.717, 1.165) is 37.2 Å². The molecule has 2 fully saturated rings. The van der Waals surface area contributed by atoms with E-state index in [1.807, 2.05) is 12.1 Å². The van der Waals surface area contributed by atoms with E-state index in [2.05, 4.69) is 9.88 Å². The van der Waals surface area contributed by atoms with Crippen molar-refractivity contribution >= 4 is 5.91 Å². The first-order valence-electron chi connectivity index (χ1n) is 8.97. The fraction of sp³-hybridized carbons (Fsp3) is 0.400. The van der Waals surface area contributed by atoms with Gasteiger partial charge in [-0.15, -0.1) is 0 Å². The van der Waals surface area contributed by atoms with Crippen LogP contribution in [-0.4, -0.2) is 46.4 Å². The lowest BCUT2D eigenvalue weighted by Crippen LogP contribution is -2.61. The average molecular weight is 357 g/mol. The molecule has 1 aromatic heterocycles. The van der Waals surface area contributed by atoms with Crippen molar-refractivity contribution in [1.29, 1.82) is 0 Å². The van der Waals surface area contributed by atoms with Crippen molar-refractivity contribution in [2.24, 2.45) is 5.92 Å². The average Bonchev–Trinajstić information content (AvgIpc) is 3.40. The third-order valence-corrected chi connectivity index (χ3v) is 5.15. The minimum Gasteiger partial charge on any atom is -0.335 e. The molecule has 136 valence electrons. The van der Waals surface area contributed by atoms with Crippen molar-refractivity contribution < 1.29 is 13.6 Å². The molecular formula is C20H21F2N3O. The quantitative estimate of drug-likeness (QED) is 0.797. The van der Waals surface area contributed by atoms with Gasteiger partial charge in [-0.2, -0.15) is 0 Å². The molecule has 0 unspecified atom stereocenters. The lowest BCUT2D eigenvalue weighted by molar-refractivity contribution is 0.0216. The molecule has 1 amide bonds. The summed E-state index contributed by atoms with van der Waals surface area (Å²) >= 11 is 0. The Morgan fingerprint density at radius 3 is 2.58 bits per heavy atom. The smallest absolute Gasteiger partial charge is 0.257 e. The summed E-state index contributed by atoms with van der Waals surface area (Å²) in [4.78, 5) is 20.5. The van der Waals surface area contributed by atoms with E-state index < -0.39 is 17.5 Å². The van der Waals surface area contributed by atoms with Gasteiger partial charge in [-0.25, -0.2) is 8.78 Å². The van der Waals surface area contributed by atoms with E-state index in [0.29, 0.717) is 13.1 Å². The Kier molecular flexibility index (Phi) is 4.68. The predicted molar refractivity (Wildman–Crippen MR) is 93.4 cm³/mol. The maximum absolute atomic E-state index is 13.8. The Morgan fingerprint density at radius 2 is 1.88 bits per heavy atom. The number of pyridine rings is 1. The van der Waals surface area contributed by atoms with Gasteiger partial charge >= 0.3 is 0 Å². The first-order chi connectivity index (χ1) is 12.6. The molecule has 4 nitrogen and oxygen atoms in total. The second-order valence-electron chi connectivity index (χ2n) is 7.22. The van der Waals surface area contributed by atoms with Gasteiger partial charge in [0.1, 0.15) is 11.6 Å². The summed E-state index contributed by atoms with van der Waals surface area (Å²) in [5.41, 5.74) is 1.01. The molecule has 0 bridgehead atoms. The van der Waals surface area contributed by atoms with Crippen LogP contribution >= 0.6 is 0 Å². The molecule has 1 aliphatic carbocycles. The first-order valence-corrected chi connectivity index (χ1v) is 8.97. The topological polar surface area (TPSA) is 36.4 Å². The van der Waals surface area contributed by atoms with E-state index in [-0.39, 0.29) is 11.6 Å². The Morgan fingerprint density at radius 1 is 1.15 bits per heavy atom. The van der Waals surface area contributed by atoms with Gasteiger partial charge < -0.3 is 4.90 Å². The first kappa shape index (κ1) is 17.1. The Labute approximate surface area is 151 Å². The maximum Gasteiger partial charge on any atom is 0.257 e. The van der Waals surface area contributed by atoms with Gasteiger partial charge in [0.05, 0.1) is 5.56 Å². The highest BCUT2D eigenvalue weighted by Crippen LogP contribution is 2.32. The molecule has 26 heavy (non-hydrogen) atoms. The number of likely N-dealkylation sites (tertiary alicyclic amines) is 1. The van der Waals surface area contributed by atoms with Gasteiger partial charge in [-0.1, -0.05) is 0 Å². The normalized spacial score (nSPS) is 17.4. The molecule has 2 heterocycles. The summed E-state index contributed by atoms with van der Waals surface area (Å²) in [5, 5.41) is 0. The maximum atomic E-state index is 13.8. The Bertz CT molecular complexity index is 789. The molecule has 0 radical (unpaired) electrons. The highest BCUT2D eigenvalue weighted by molar-refractivity contribution is 5.95. The fourth-order valence-electron chi connectivity index (χ4n) is 3.38. The molecule has 0 N–H and O–H groups in total. The molecule has 1 saturated carbocycles. The second kappa shape index (κ2) is 7.11. The van der Waals surface area contributed by atoms with Crippen LogP contribution < -0.4 is 0 Å². The van der Waals surface area contributed by atoms with Gasteiger partial charge in [-0.3, -0.25) is 14.7 Å². The number of hydrogen-bond acceptors (Lipinski definition) is 3. The number of amides is 1. The molecule has 1 saturated heterocycles. The highest BCUT2D eigenvalue weighted by atomic mass is 19.1. The van der Waals surface area contributed by atoms with E-state index in [4.69, 9.17) is 0 Å². The lowest BCUT2D eigenvalue weighted by Gasteiger charge is -2.45. The summed E-state index contributed by atoms with van der Waals surface area (Å²) in [6.07, 6.45) is 6.09. The molecule has 1 aliphatic heterocycles. The third-order valence-electron chi connectivity index (χ3n) is 5.15. The van der Waals surface area contributed by atoms with Crippen LogP contribution in [0.5, 0.6) is 0 Å². The van der Waals surface area contributed by atoms with Gasteiger partial charge in [-0.05, 0) is 54.7 Å². The number of aromatic nitrogens is 1. The zero-order valence-electron chi connectivity index (χ0n) is 14.4. The number of nitrogens with zero attached hydrogens (tertiary/aromatic N) is 3. The number of carbonyl (C=O) groups excluding carboxylic acids is 1. The SMILES string of the molecule is O=C(c1cc(F)ccc1F)N1CC(N(Cc2ccncc2)CC2CC2)C1. The van der Waals surface area contributed by atoms with Gasteiger partial charge in [0.25, 0.3) is 5.91 Å². The van der Waals surface area contributed by atoms with Crippen LogP contribution in [0.4, 0.5) is 8.78 Å². The van der Waals surface area contributed by atoms with Crippen molar-refractivity contribution in [3.63, 3.8) is 0 Å². The number of hydrogen-bond donors (Lipinski definition) is 0. The lowest BCUT2D eigenvalue weighted by atomic mass is 10.0. The summed E-state index contributed by atoms with van der Waals surface area (Å²) in [5.74, 6) is -0.970. The van der Waals surface area contributed by atoms with Crippen molar-refractivity contribution in [2.45, 2.75) is 25.4 Å². The second-order valence-corrected chi connectivity index (χ2v) is 7.22. The zero-order valence-corrected chi connectivity index (χ0v) is 14.4. The van der Waals surface area contributed by atoms with Crippen molar-refractivity contribution in [3.05, 3.63) is 65.5 Å². The molecule has 2 aromatic rings.